The van der Waals surface area contributed by atoms with Gasteiger partial charge in [0.05, 0.1) is 24.8 Å². The largest absolute Gasteiger partial charge is 0.492 e. The second kappa shape index (κ2) is 20.3. The van der Waals surface area contributed by atoms with E-state index in [-0.39, 0.29) is 38.2 Å². The maximum absolute atomic E-state index is 13.5. The minimum Gasteiger partial charge on any atom is -0.492 e. The van der Waals surface area contributed by atoms with Crippen molar-refractivity contribution in [1.29, 1.82) is 0 Å². The number of nitrogens with two attached hydrogens (primary N) is 1. The van der Waals surface area contributed by atoms with Crippen LogP contribution >= 0.6 is 0 Å². The van der Waals surface area contributed by atoms with E-state index in [2.05, 4.69) is 36.9 Å². The van der Waals surface area contributed by atoms with Gasteiger partial charge in [-0.1, -0.05) is 47.7 Å². The van der Waals surface area contributed by atoms with Gasteiger partial charge >= 0.3 is 5.97 Å². The monoisotopic (exact) mass is 733 g/mol. The summed E-state index contributed by atoms with van der Waals surface area (Å²) in [5.74, 6) is -3.52. The van der Waals surface area contributed by atoms with Gasteiger partial charge in [0.1, 0.15) is 30.5 Å². The molecular weight excluding hydrogens is 686 g/mol. The zero-order valence-corrected chi connectivity index (χ0v) is 29.6. The van der Waals surface area contributed by atoms with Crippen molar-refractivity contribution in [2.75, 3.05) is 19.7 Å². The van der Waals surface area contributed by atoms with Crippen molar-refractivity contribution in [3.05, 3.63) is 77.6 Å². The second-order valence-electron chi connectivity index (χ2n) is 12.8. The highest BCUT2D eigenvalue weighted by Crippen LogP contribution is 2.15. The first-order chi connectivity index (χ1) is 25.5. The van der Waals surface area contributed by atoms with Crippen LogP contribution in [0.15, 0.2) is 60.8 Å². The molecule has 5 amide bonds. The first kappa shape index (κ1) is 39.9. The summed E-state index contributed by atoms with van der Waals surface area (Å²) >= 11 is 0. The molecule has 1 aromatic heterocycles. The smallest absolute Gasteiger partial charge is 0.326 e. The number of aryl methyl sites for hydroxylation is 1. The van der Waals surface area contributed by atoms with Crippen molar-refractivity contribution in [2.45, 2.75) is 82.6 Å². The molecule has 0 radical (unpaired) electrons. The summed E-state index contributed by atoms with van der Waals surface area (Å²) in [7, 11) is 0. The van der Waals surface area contributed by atoms with Crippen molar-refractivity contribution in [3.8, 4) is 5.75 Å². The topological polar surface area (TPSA) is 249 Å². The maximum Gasteiger partial charge on any atom is 0.326 e. The molecule has 8 N–H and O–H groups in total. The first-order valence-electron chi connectivity index (χ1n) is 17.5. The van der Waals surface area contributed by atoms with E-state index in [1.54, 1.807) is 65.5 Å². The number of hydrogen-bond acceptors (Lipinski definition) is 10. The van der Waals surface area contributed by atoms with E-state index in [1.165, 1.54) is 6.92 Å². The Labute approximate surface area is 306 Å². The predicted molar refractivity (Wildman–Crippen MR) is 191 cm³/mol. The van der Waals surface area contributed by atoms with E-state index >= 15 is 0 Å². The summed E-state index contributed by atoms with van der Waals surface area (Å²) in [6.07, 6.45) is 3.50. The van der Waals surface area contributed by atoms with Crippen molar-refractivity contribution < 1.29 is 38.6 Å². The van der Waals surface area contributed by atoms with Gasteiger partial charge in [0.2, 0.25) is 29.5 Å². The standard InChI is InChI=1S/C36H47N9O8/c1-23(37)33(48)41-28-9-5-6-16-38-31(46)15-12-26-22-45(44-43-26)17-18-53-27-13-10-25(11-14-27)20-30(36(51)52)42-35(50)29(19-24-7-3-2-4-8-24)40-32(47)21-39-34(28)49/h2-4,7-8,10-11,13-14,22-23,28-30H,5-6,9,12,15-21,37H2,1H3,(H,38,46)(H,39,49)(H,40,47)(H,41,48)(H,42,50)(H,51,52)/t23-,28-,29-,30-/m0/s1. The molecule has 0 aliphatic carbocycles. The molecule has 17 nitrogen and oxygen atoms in total. The third kappa shape index (κ3) is 13.7. The Morgan fingerprint density at radius 2 is 1.74 bits per heavy atom. The van der Waals surface area contributed by atoms with Crippen LogP contribution in [-0.2, 0) is 54.6 Å². The molecular formula is C36H47N9O8. The molecule has 0 fully saturated rings. The minimum atomic E-state index is -1.32. The molecule has 0 saturated carbocycles. The molecule has 284 valence electrons. The number of carbonyl (C=O) groups is 6. The third-order valence-electron chi connectivity index (χ3n) is 8.41. The number of aromatic nitrogens is 3. The number of aliphatic carboxylic acids is 1. The number of fused-ring (bicyclic) bond motifs is 22. The van der Waals surface area contributed by atoms with Gasteiger partial charge in [0, 0.05) is 38.4 Å². The van der Waals surface area contributed by atoms with E-state index in [4.69, 9.17) is 10.5 Å². The molecule has 2 aliphatic rings. The molecule has 53 heavy (non-hydrogen) atoms. The van der Waals surface area contributed by atoms with Gasteiger partial charge in [0.15, 0.2) is 0 Å². The fraction of sp³-hybridized carbons (Fsp3) is 0.444. The van der Waals surface area contributed by atoms with Crippen LogP contribution in [0.3, 0.4) is 0 Å². The van der Waals surface area contributed by atoms with E-state index in [9.17, 15) is 33.9 Å². The van der Waals surface area contributed by atoms with Gasteiger partial charge in [-0.3, -0.25) is 24.0 Å². The van der Waals surface area contributed by atoms with Crippen LogP contribution in [0.4, 0.5) is 0 Å². The predicted octanol–water partition coefficient (Wildman–Crippen LogP) is -0.623. The maximum atomic E-state index is 13.5. The molecule has 0 saturated heterocycles. The van der Waals surface area contributed by atoms with E-state index in [0.29, 0.717) is 54.9 Å². The average Bonchev–Trinajstić information content (AvgIpc) is 3.59. The number of carboxylic acids is 1. The zero-order chi connectivity index (χ0) is 38.2. The summed E-state index contributed by atoms with van der Waals surface area (Å²) in [5, 5.41) is 31.3. The Hall–Kier alpha value is -5.84. The summed E-state index contributed by atoms with van der Waals surface area (Å²) in [6.45, 7) is 1.97. The van der Waals surface area contributed by atoms with Crippen molar-refractivity contribution in [2.24, 2.45) is 5.73 Å². The van der Waals surface area contributed by atoms with Gasteiger partial charge in [-0.25, -0.2) is 9.48 Å². The summed E-state index contributed by atoms with van der Waals surface area (Å²) < 4.78 is 7.43. The molecule has 3 heterocycles. The average molecular weight is 734 g/mol. The normalized spacial score (nSPS) is 20.8. The molecule has 4 bridgehead atoms. The van der Waals surface area contributed by atoms with Crippen LogP contribution in [-0.4, -0.2) is 99.5 Å². The summed E-state index contributed by atoms with van der Waals surface area (Å²) in [6, 6.07) is 11.2. The number of carboxylic acid groups (broad SMARTS) is 1. The number of nitrogens with zero attached hydrogens (tertiary/aromatic N) is 3. The van der Waals surface area contributed by atoms with Gasteiger partial charge in [-0.15, -0.1) is 5.10 Å². The quantitative estimate of drug-likeness (QED) is 0.163. The highest BCUT2D eigenvalue weighted by molar-refractivity contribution is 5.94. The number of carbonyl (C=O) groups excluding carboxylic acids is 5. The molecule has 3 aromatic rings. The number of nitrogens with one attached hydrogen (secondary N) is 5. The van der Waals surface area contributed by atoms with Crippen LogP contribution in [0.1, 0.15) is 49.4 Å². The highest BCUT2D eigenvalue weighted by atomic mass is 16.5. The molecule has 2 aliphatic heterocycles. The number of hydrogen-bond donors (Lipinski definition) is 7. The van der Waals surface area contributed by atoms with Crippen LogP contribution in [0.2, 0.25) is 0 Å². The van der Waals surface area contributed by atoms with Gasteiger partial charge in [0.25, 0.3) is 0 Å². The Bertz CT molecular complexity index is 1700. The molecule has 0 spiro atoms. The van der Waals surface area contributed by atoms with Crippen molar-refractivity contribution in [3.63, 3.8) is 0 Å². The number of amides is 5. The molecule has 2 aromatic carbocycles. The summed E-state index contributed by atoms with van der Waals surface area (Å²) in [4.78, 5) is 76.9. The SMILES string of the molecule is C[C@H](N)C(=O)N[C@H]1CCCCNC(=O)CCc2cn(nn2)CCOc2ccc(cc2)C[C@@H](C(=O)O)NC(=O)[C@H](Cc2ccccc2)NC(=O)CNC1=O. The van der Waals surface area contributed by atoms with Gasteiger partial charge < -0.3 is 42.2 Å². The lowest BCUT2D eigenvalue weighted by Crippen LogP contribution is -2.55. The Morgan fingerprint density at radius 1 is 0.981 bits per heavy atom. The molecule has 0 unspecified atom stereocenters. The van der Waals surface area contributed by atoms with Crippen LogP contribution < -0.4 is 37.1 Å². The minimum absolute atomic E-state index is 0.0440. The second-order valence-corrected chi connectivity index (χ2v) is 12.8. The number of rotatable bonds is 5. The number of benzene rings is 2. The molecule has 4 atom stereocenters. The summed E-state index contributed by atoms with van der Waals surface area (Å²) in [5.41, 5.74) is 7.68. The van der Waals surface area contributed by atoms with E-state index < -0.39 is 60.3 Å². The fourth-order valence-electron chi connectivity index (χ4n) is 5.45. The lowest BCUT2D eigenvalue weighted by Gasteiger charge is -2.23. The number of ether oxygens (including phenoxy) is 1. The Kier molecular flexibility index (Phi) is 15.3. The molecule has 17 heteroatoms. The first-order valence-corrected chi connectivity index (χ1v) is 17.5. The van der Waals surface area contributed by atoms with Crippen molar-refractivity contribution in [1.82, 2.24) is 41.6 Å². The van der Waals surface area contributed by atoms with E-state index in [0.717, 1.165) is 0 Å². The van der Waals surface area contributed by atoms with E-state index in [1.807, 2.05) is 0 Å². The Balaban J connectivity index is 1.50. The highest BCUT2D eigenvalue weighted by Gasteiger charge is 2.28. The zero-order valence-electron chi connectivity index (χ0n) is 29.6. The van der Waals surface area contributed by atoms with Crippen LogP contribution in [0.25, 0.3) is 0 Å². The lowest BCUT2D eigenvalue weighted by molar-refractivity contribution is -0.142. The molecule has 5 rings (SSSR count). The fourth-order valence-corrected chi connectivity index (χ4v) is 5.45. The third-order valence-corrected chi connectivity index (χ3v) is 8.41. The van der Waals surface area contributed by atoms with Crippen LogP contribution in [0, 0.1) is 0 Å². The Morgan fingerprint density at radius 3 is 2.45 bits per heavy atom. The van der Waals surface area contributed by atoms with Crippen molar-refractivity contribution >= 4 is 35.5 Å². The van der Waals surface area contributed by atoms with Crippen LogP contribution in [0.5, 0.6) is 5.75 Å². The lowest BCUT2D eigenvalue weighted by atomic mass is 10.0. The van der Waals surface area contributed by atoms with Gasteiger partial charge in [-0.05, 0) is 49.4 Å². The van der Waals surface area contributed by atoms with Gasteiger partial charge in [-0.2, -0.15) is 0 Å².